The minimum absolute atomic E-state index is 0.0120. The van der Waals surface area contributed by atoms with Gasteiger partial charge in [-0.15, -0.1) is 0 Å². The molecular weight excluding hydrogens is 354 g/mol. The predicted molar refractivity (Wildman–Crippen MR) is 75.7 cm³/mol. The van der Waals surface area contributed by atoms with Gasteiger partial charge in [0.25, 0.3) is 10.0 Å². The van der Waals surface area contributed by atoms with Gasteiger partial charge in [0.2, 0.25) is 0 Å². The molecular formula is C12H9BrF2N2O2S. The van der Waals surface area contributed by atoms with Crippen LogP contribution in [0.2, 0.25) is 0 Å². The maximum absolute atomic E-state index is 13.6. The van der Waals surface area contributed by atoms with Gasteiger partial charge in [-0.2, -0.15) is 0 Å². The van der Waals surface area contributed by atoms with E-state index in [-0.39, 0.29) is 15.1 Å². The summed E-state index contributed by atoms with van der Waals surface area (Å²) in [5, 5.41) is 0. The van der Waals surface area contributed by atoms with Gasteiger partial charge in [-0.25, -0.2) is 17.2 Å². The van der Waals surface area contributed by atoms with Crippen molar-refractivity contribution in [2.45, 2.75) is 4.90 Å². The average molecular weight is 363 g/mol. The second-order valence-corrected chi connectivity index (χ2v) is 6.39. The molecule has 2 rings (SSSR count). The third kappa shape index (κ3) is 2.91. The molecule has 2 aromatic rings. The Kier molecular flexibility index (Phi) is 3.96. The number of rotatable bonds is 3. The van der Waals surface area contributed by atoms with Gasteiger partial charge < -0.3 is 5.73 Å². The van der Waals surface area contributed by atoms with Crippen molar-refractivity contribution in [1.29, 1.82) is 0 Å². The van der Waals surface area contributed by atoms with E-state index < -0.39 is 27.3 Å². The fourth-order valence-corrected chi connectivity index (χ4v) is 3.03. The molecule has 0 atom stereocenters. The van der Waals surface area contributed by atoms with Gasteiger partial charge >= 0.3 is 0 Å². The Hall–Kier alpha value is -1.67. The van der Waals surface area contributed by atoms with Gasteiger partial charge in [0.1, 0.15) is 16.5 Å². The smallest absolute Gasteiger partial charge is 0.264 e. The van der Waals surface area contributed by atoms with Crippen molar-refractivity contribution in [3.8, 4) is 0 Å². The highest BCUT2D eigenvalue weighted by atomic mass is 79.9. The Morgan fingerprint density at radius 1 is 1.10 bits per heavy atom. The van der Waals surface area contributed by atoms with Crippen molar-refractivity contribution >= 4 is 37.3 Å². The van der Waals surface area contributed by atoms with Crippen LogP contribution in [0.15, 0.2) is 45.8 Å². The lowest BCUT2D eigenvalue weighted by molar-refractivity contribution is 0.592. The minimum Gasteiger partial charge on any atom is -0.398 e. The van der Waals surface area contributed by atoms with E-state index in [4.69, 9.17) is 5.73 Å². The largest absolute Gasteiger partial charge is 0.398 e. The van der Waals surface area contributed by atoms with Crippen LogP contribution in [0.5, 0.6) is 0 Å². The molecule has 0 aliphatic carbocycles. The predicted octanol–water partition coefficient (Wildman–Crippen LogP) is 3.11. The van der Waals surface area contributed by atoms with E-state index >= 15 is 0 Å². The SMILES string of the molecule is Nc1ccccc1S(=O)(=O)Nc1cc(F)c(Br)cc1F. The standard InChI is InChI=1S/C12H9BrF2N2O2S/c13-7-5-9(15)11(6-8(7)14)17-20(18,19)12-4-2-1-3-10(12)16/h1-6,17H,16H2. The summed E-state index contributed by atoms with van der Waals surface area (Å²) in [6.07, 6.45) is 0. The molecule has 0 amide bonds. The van der Waals surface area contributed by atoms with Gasteiger partial charge in [-0.1, -0.05) is 12.1 Å². The van der Waals surface area contributed by atoms with Crippen LogP contribution < -0.4 is 10.5 Å². The molecule has 0 aliphatic heterocycles. The summed E-state index contributed by atoms with van der Waals surface area (Å²) in [6, 6.07) is 7.28. The number of nitrogens with two attached hydrogens (primary N) is 1. The number of benzene rings is 2. The summed E-state index contributed by atoms with van der Waals surface area (Å²) in [5.74, 6) is -1.69. The zero-order chi connectivity index (χ0) is 14.9. The molecule has 2 aromatic carbocycles. The molecule has 0 saturated carbocycles. The Labute approximate surface area is 122 Å². The number of hydrogen-bond acceptors (Lipinski definition) is 3. The molecule has 0 aliphatic rings. The lowest BCUT2D eigenvalue weighted by Gasteiger charge is -2.11. The minimum atomic E-state index is -4.09. The van der Waals surface area contributed by atoms with Crippen molar-refractivity contribution in [2.75, 3.05) is 10.5 Å². The van der Waals surface area contributed by atoms with Crippen molar-refractivity contribution < 1.29 is 17.2 Å². The zero-order valence-corrected chi connectivity index (χ0v) is 12.3. The highest BCUT2D eigenvalue weighted by Gasteiger charge is 2.19. The number of nitrogen functional groups attached to an aromatic ring is 1. The van der Waals surface area contributed by atoms with Crippen LogP contribution in [-0.2, 0) is 10.0 Å². The van der Waals surface area contributed by atoms with Crippen LogP contribution in [0.25, 0.3) is 0 Å². The maximum atomic E-state index is 13.6. The van der Waals surface area contributed by atoms with Crippen LogP contribution >= 0.6 is 15.9 Å². The molecule has 8 heteroatoms. The first-order valence-electron chi connectivity index (χ1n) is 5.33. The average Bonchev–Trinajstić information content (AvgIpc) is 2.36. The third-order valence-corrected chi connectivity index (χ3v) is 4.51. The van der Waals surface area contributed by atoms with E-state index in [1.165, 1.54) is 18.2 Å². The van der Waals surface area contributed by atoms with Crippen LogP contribution in [0.1, 0.15) is 0 Å². The third-order valence-electron chi connectivity index (χ3n) is 2.46. The molecule has 3 N–H and O–H groups in total. The molecule has 0 bridgehead atoms. The van der Waals surface area contributed by atoms with E-state index in [1.54, 1.807) is 6.07 Å². The molecule has 0 unspecified atom stereocenters. The lowest BCUT2D eigenvalue weighted by atomic mass is 10.3. The summed E-state index contributed by atoms with van der Waals surface area (Å²) in [5.41, 5.74) is 5.08. The number of hydrogen-bond donors (Lipinski definition) is 2. The lowest BCUT2D eigenvalue weighted by Crippen LogP contribution is -2.15. The topological polar surface area (TPSA) is 72.2 Å². The van der Waals surface area contributed by atoms with E-state index in [1.807, 2.05) is 4.72 Å². The second-order valence-electron chi connectivity index (χ2n) is 3.89. The second kappa shape index (κ2) is 5.37. The van der Waals surface area contributed by atoms with Crippen LogP contribution in [0, 0.1) is 11.6 Å². The zero-order valence-electron chi connectivity index (χ0n) is 9.90. The molecule has 20 heavy (non-hydrogen) atoms. The quantitative estimate of drug-likeness (QED) is 0.650. The number of sulfonamides is 1. The Morgan fingerprint density at radius 2 is 1.75 bits per heavy atom. The molecule has 0 radical (unpaired) electrons. The Balaban J connectivity index is 2.44. The summed E-state index contributed by atoms with van der Waals surface area (Å²) in [4.78, 5) is -0.206. The Bertz CT molecular complexity index is 766. The Morgan fingerprint density at radius 3 is 2.40 bits per heavy atom. The summed E-state index contributed by atoms with van der Waals surface area (Å²) in [7, 11) is -4.09. The number of nitrogens with one attached hydrogen (secondary N) is 1. The number of para-hydroxylation sites is 1. The first-order valence-corrected chi connectivity index (χ1v) is 7.61. The molecule has 0 heterocycles. The van der Waals surface area contributed by atoms with Crippen molar-refractivity contribution in [3.05, 3.63) is 52.5 Å². The number of anilines is 2. The maximum Gasteiger partial charge on any atom is 0.264 e. The van der Waals surface area contributed by atoms with Gasteiger partial charge in [-0.3, -0.25) is 4.72 Å². The first kappa shape index (κ1) is 14.7. The van der Waals surface area contributed by atoms with Gasteiger partial charge in [0, 0.05) is 6.07 Å². The van der Waals surface area contributed by atoms with E-state index in [9.17, 15) is 17.2 Å². The molecule has 0 aromatic heterocycles. The molecule has 106 valence electrons. The molecule has 0 fully saturated rings. The van der Waals surface area contributed by atoms with Gasteiger partial charge in [0.15, 0.2) is 0 Å². The van der Waals surface area contributed by atoms with Crippen LogP contribution in [0.3, 0.4) is 0 Å². The normalized spacial score (nSPS) is 11.3. The van der Waals surface area contributed by atoms with Gasteiger partial charge in [-0.05, 0) is 34.1 Å². The summed E-state index contributed by atoms with van der Waals surface area (Å²) in [6.45, 7) is 0. The highest BCUT2D eigenvalue weighted by Crippen LogP contribution is 2.26. The molecule has 4 nitrogen and oxygen atoms in total. The summed E-state index contributed by atoms with van der Waals surface area (Å²) >= 11 is 2.80. The monoisotopic (exact) mass is 362 g/mol. The van der Waals surface area contributed by atoms with E-state index in [0.717, 1.165) is 12.1 Å². The molecule has 0 spiro atoms. The molecule has 0 saturated heterocycles. The van der Waals surface area contributed by atoms with Crippen molar-refractivity contribution in [3.63, 3.8) is 0 Å². The van der Waals surface area contributed by atoms with Crippen LogP contribution in [0.4, 0.5) is 20.2 Å². The highest BCUT2D eigenvalue weighted by molar-refractivity contribution is 9.10. The van der Waals surface area contributed by atoms with Crippen molar-refractivity contribution in [2.24, 2.45) is 0 Å². The number of halogens is 3. The summed E-state index contributed by atoms with van der Waals surface area (Å²) < 4.78 is 53.0. The van der Waals surface area contributed by atoms with Gasteiger partial charge in [0.05, 0.1) is 15.8 Å². The van der Waals surface area contributed by atoms with E-state index in [2.05, 4.69) is 15.9 Å². The fraction of sp³-hybridized carbons (Fsp3) is 0. The van der Waals surface area contributed by atoms with Crippen LogP contribution in [-0.4, -0.2) is 8.42 Å². The fourth-order valence-electron chi connectivity index (χ4n) is 1.53. The van der Waals surface area contributed by atoms with E-state index in [0.29, 0.717) is 0 Å². The first-order chi connectivity index (χ1) is 9.31. The van der Waals surface area contributed by atoms with Crippen molar-refractivity contribution in [1.82, 2.24) is 0 Å².